The van der Waals surface area contributed by atoms with E-state index in [0.29, 0.717) is 17.9 Å². The van der Waals surface area contributed by atoms with E-state index < -0.39 is 11.7 Å². The monoisotopic (exact) mass is 238 g/mol. The summed E-state index contributed by atoms with van der Waals surface area (Å²) in [5, 5.41) is 3.90. The second-order valence-corrected chi connectivity index (χ2v) is 4.51. The standard InChI is InChI=1S/C12H18N2O3/c1-6-16-9(2)10-7-13-14(8-10)11(15)17-12(3,4)5/h7-8H,2,6H2,1,3-5H3. The van der Waals surface area contributed by atoms with E-state index in [1.54, 1.807) is 20.8 Å². The van der Waals surface area contributed by atoms with E-state index in [0.717, 1.165) is 4.68 Å². The van der Waals surface area contributed by atoms with Crippen LogP contribution in [0.2, 0.25) is 0 Å². The predicted octanol–water partition coefficient (Wildman–Crippen LogP) is 2.67. The molecular formula is C12H18N2O3. The molecule has 1 aromatic rings. The minimum atomic E-state index is -0.542. The average Bonchev–Trinajstić information content (AvgIpc) is 2.63. The molecule has 0 saturated carbocycles. The Morgan fingerprint density at radius 3 is 2.71 bits per heavy atom. The zero-order valence-electron chi connectivity index (χ0n) is 10.7. The van der Waals surface area contributed by atoms with Crippen LogP contribution in [0.15, 0.2) is 19.0 Å². The number of aromatic nitrogens is 2. The van der Waals surface area contributed by atoms with E-state index >= 15 is 0 Å². The SMILES string of the molecule is C=C(OCC)c1cnn(C(=O)OC(C)(C)C)c1. The highest BCUT2D eigenvalue weighted by Crippen LogP contribution is 2.14. The summed E-state index contributed by atoms with van der Waals surface area (Å²) in [6.07, 6.45) is 2.53. The molecule has 0 N–H and O–H groups in total. The minimum Gasteiger partial charge on any atom is -0.494 e. The van der Waals surface area contributed by atoms with Crippen LogP contribution in [0.25, 0.3) is 5.76 Å². The first-order chi connectivity index (χ1) is 7.83. The molecule has 0 saturated heterocycles. The molecule has 1 rings (SSSR count). The van der Waals surface area contributed by atoms with Gasteiger partial charge in [-0.1, -0.05) is 6.58 Å². The summed E-state index contributed by atoms with van der Waals surface area (Å²) in [5.41, 5.74) is 0.123. The molecule has 0 amide bonds. The van der Waals surface area contributed by atoms with Crippen molar-refractivity contribution in [2.24, 2.45) is 0 Å². The van der Waals surface area contributed by atoms with Crippen molar-refractivity contribution < 1.29 is 14.3 Å². The summed E-state index contributed by atoms with van der Waals surface area (Å²) >= 11 is 0. The van der Waals surface area contributed by atoms with Crippen LogP contribution in [-0.2, 0) is 9.47 Å². The Labute approximate surface area is 101 Å². The molecular weight excluding hydrogens is 220 g/mol. The Morgan fingerprint density at radius 2 is 2.18 bits per heavy atom. The molecule has 0 bridgehead atoms. The third-order valence-electron chi connectivity index (χ3n) is 1.80. The van der Waals surface area contributed by atoms with Gasteiger partial charge in [-0.15, -0.1) is 0 Å². The molecule has 0 radical (unpaired) electrons. The van der Waals surface area contributed by atoms with Gasteiger partial charge < -0.3 is 9.47 Å². The first-order valence-corrected chi connectivity index (χ1v) is 5.43. The number of nitrogens with zero attached hydrogens (tertiary/aromatic N) is 2. The van der Waals surface area contributed by atoms with Crippen molar-refractivity contribution in [1.82, 2.24) is 9.78 Å². The van der Waals surface area contributed by atoms with Gasteiger partial charge in [0.15, 0.2) is 0 Å². The van der Waals surface area contributed by atoms with Crippen molar-refractivity contribution in [3.63, 3.8) is 0 Å². The van der Waals surface area contributed by atoms with E-state index in [1.807, 2.05) is 6.92 Å². The van der Waals surface area contributed by atoms with Crippen molar-refractivity contribution in [1.29, 1.82) is 0 Å². The van der Waals surface area contributed by atoms with Crippen LogP contribution >= 0.6 is 0 Å². The molecule has 0 aliphatic heterocycles. The van der Waals surface area contributed by atoms with Crippen molar-refractivity contribution in [3.05, 3.63) is 24.5 Å². The molecule has 0 aliphatic rings. The molecule has 5 heteroatoms. The van der Waals surface area contributed by atoms with E-state index in [2.05, 4.69) is 11.7 Å². The number of carbonyl (C=O) groups excluding carboxylic acids is 1. The first kappa shape index (κ1) is 13.3. The second-order valence-electron chi connectivity index (χ2n) is 4.51. The van der Waals surface area contributed by atoms with Crippen LogP contribution in [0.5, 0.6) is 0 Å². The second kappa shape index (κ2) is 5.03. The minimum absolute atomic E-state index is 0.488. The maximum absolute atomic E-state index is 11.7. The molecule has 0 fully saturated rings. The highest BCUT2D eigenvalue weighted by Gasteiger charge is 2.18. The Hall–Kier alpha value is -1.78. The predicted molar refractivity (Wildman–Crippen MR) is 64.5 cm³/mol. The summed E-state index contributed by atoms with van der Waals surface area (Å²) in [7, 11) is 0. The van der Waals surface area contributed by atoms with E-state index in [4.69, 9.17) is 9.47 Å². The Kier molecular flexibility index (Phi) is 3.93. The summed E-state index contributed by atoms with van der Waals surface area (Å²) in [6.45, 7) is 11.5. The van der Waals surface area contributed by atoms with Gasteiger partial charge in [0, 0.05) is 6.20 Å². The molecule has 1 aromatic heterocycles. The summed E-state index contributed by atoms with van der Waals surface area (Å²) in [5.74, 6) is 0.488. The fraction of sp³-hybridized carbons (Fsp3) is 0.500. The van der Waals surface area contributed by atoms with Crippen molar-refractivity contribution >= 4 is 11.9 Å². The van der Waals surface area contributed by atoms with Gasteiger partial charge in [0.1, 0.15) is 11.4 Å². The normalized spacial score (nSPS) is 11.1. The van der Waals surface area contributed by atoms with Crippen molar-refractivity contribution in [2.75, 3.05) is 6.61 Å². The Bertz CT molecular complexity index is 416. The van der Waals surface area contributed by atoms with E-state index in [9.17, 15) is 4.79 Å². The van der Waals surface area contributed by atoms with Crippen LogP contribution in [-0.4, -0.2) is 28.1 Å². The molecule has 0 unspecified atom stereocenters. The quantitative estimate of drug-likeness (QED) is 0.760. The van der Waals surface area contributed by atoms with Crippen LogP contribution < -0.4 is 0 Å². The first-order valence-electron chi connectivity index (χ1n) is 5.43. The number of hydrogen-bond acceptors (Lipinski definition) is 4. The van der Waals surface area contributed by atoms with Gasteiger partial charge in [0.2, 0.25) is 0 Å². The maximum atomic E-state index is 11.7. The molecule has 1 heterocycles. The smallest absolute Gasteiger partial charge is 0.435 e. The van der Waals surface area contributed by atoms with Crippen molar-refractivity contribution in [2.45, 2.75) is 33.3 Å². The van der Waals surface area contributed by atoms with Crippen LogP contribution in [0.3, 0.4) is 0 Å². The molecule has 94 valence electrons. The van der Waals surface area contributed by atoms with Crippen LogP contribution in [0, 0.1) is 0 Å². The molecule has 0 spiro atoms. The van der Waals surface area contributed by atoms with Crippen LogP contribution in [0.1, 0.15) is 33.3 Å². The fourth-order valence-electron chi connectivity index (χ4n) is 1.13. The largest absolute Gasteiger partial charge is 0.494 e. The highest BCUT2D eigenvalue weighted by atomic mass is 16.6. The summed E-state index contributed by atoms with van der Waals surface area (Å²) in [6, 6.07) is 0. The summed E-state index contributed by atoms with van der Waals surface area (Å²) < 4.78 is 11.5. The molecule has 17 heavy (non-hydrogen) atoms. The molecule has 0 atom stereocenters. The number of ether oxygens (including phenoxy) is 2. The lowest BCUT2D eigenvalue weighted by atomic mass is 10.2. The van der Waals surface area contributed by atoms with Gasteiger partial charge in [-0.2, -0.15) is 9.78 Å². The third kappa shape index (κ3) is 3.94. The molecule has 0 aromatic carbocycles. The Balaban J connectivity index is 2.74. The van der Waals surface area contributed by atoms with Crippen LogP contribution in [0.4, 0.5) is 4.79 Å². The highest BCUT2D eigenvalue weighted by molar-refractivity contribution is 5.71. The zero-order valence-corrected chi connectivity index (χ0v) is 10.7. The number of carbonyl (C=O) groups is 1. The molecule has 0 aliphatic carbocycles. The average molecular weight is 238 g/mol. The fourth-order valence-corrected chi connectivity index (χ4v) is 1.13. The maximum Gasteiger partial charge on any atom is 0.435 e. The van der Waals surface area contributed by atoms with Gasteiger partial charge in [0.25, 0.3) is 0 Å². The lowest BCUT2D eigenvalue weighted by Crippen LogP contribution is -2.27. The van der Waals surface area contributed by atoms with Gasteiger partial charge >= 0.3 is 6.09 Å². The van der Waals surface area contributed by atoms with Gasteiger partial charge in [-0.25, -0.2) is 4.79 Å². The van der Waals surface area contributed by atoms with Gasteiger partial charge in [0.05, 0.1) is 18.4 Å². The topological polar surface area (TPSA) is 53.4 Å². The van der Waals surface area contributed by atoms with E-state index in [-0.39, 0.29) is 0 Å². The van der Waals surface area contributed by atoms with Crippen molar-refractivity contribution in [3.8, 4) is 0 Å². The third-order valence-corrected chi connectivity index (χ3v) is 1.80. The zero-order chi connectivity index (χ0) is 13.1. The summed E-state index contributed by atoms with van der Waals surface area (Å²) in [4.78, 5) is 11.7. The lowest BCUT2D eigenvalue weighted by molar-refractivity contribution is 0.0514. The molecule has 5 nitrogen and oxygen atoms in total. The van der Waals surface area contributed by atoms with Gasteiger partial charge in [-0.05, 0) is 27.7 Å². The Morgan fingerprint density at radius 1 is 1.53 bits per heavy atom. The van der Waals surface area contributed by atoms with E-state index in [1.165, 1.54) is 12.4 Å². The number of hydrogen-bond donors (Lipinski definition) is 0. The number of rotatable bonds is 3. The lowest BCUT2D eigenvalue weighted by Gasteiger charge is -2.18. The van der Waals surface area contributed by atoms with Gasteiger partial charge in [-0.3, -0.25) is 0 Å².